The molecule has 192 valence electrons. The molecule has 38 heavy (non-hydrogen) atoms. The number of esters is 1. The van der Waals surface area contributed by atoms with E-state index >= 15 is 0 Å². The van der Waals surface area contributed by atoms with Gasteiger partial charge in [0.05, 0.1) is 37.8 Å². The number of fused-ring (bicyclic) bond motifs is 1. The van der Waals surface area contributed by atoms with Crippen LogP contribution in [0.25, 0.3) is 0 Å². The summed E-state index contributed by atoms with van der Waals surface area (Å²) in [6.45, 7) is 1.66. The second-order valence-electron chi connectivity index (χ2n) is 8.75. The number of amides is 3. The molecule has 1 atom stereocenters. The number of carbonyl (C=O) groups excluding carboxylic acids is 4. The van der Waals surface area contributed by atoms with Gasteiger partial charge in [-0.2, -0.15) is 0 Å². The van der Waals surface area contributed by atoms with Gasteiger partial charge in [-0.25, -0.2) is 4.90 Å². The van der Waals surface area contributed by atoms with Gasteiger partial charge in [0.25, 0.3) is 17.5 Å². The van der Waals surface area contributed by atoms with Crippen LogP contribution in [0, 0.1) is 23.0 Å². The van der Waals surface area contributed by atoms with Crippen molar-refractivity contribution < 1.29 is 28.8 Å². The number of hydrogen-bond donors (Lipinski definition) is 0. The lowest BCUT2D eigenvalue weighted by Gasteiger charge is -2.19. The molecule has 0 spiro atoms. The predicted molar refractivity (Wildman–Crippen MR) is 138 cm³/mol. The Balaban J connectivity index is 1.33. The van der Waals surface area contributed by atoms with Gasteiger partial charge in [0.2, 0.25) is 5.91 Å². The van der Waals surface area contributed by atoms with E-state index in [-0.39, 0.29) is 51.5 Å². The molecule has 3 amide bonds. The van der Waals surface area contributed by atoms with E-state index in [9.17, 15) is 29.3 Å². The zero-order valence-electron chi connectivity index (χ0n) is 19.6. The van der Waals surface area contributed by atoms with E-state index in [4.69, 9.17) is 27.9 Å². The van der Waals surface area contributed by atoms with Gasteiger partial charge < -0.3 is 9.64 Å². The molecule has 5 rings (SSSR count). The van der Waals surface area contributed by atoms with E-state index in [0.717, 1.165) is 11.0 Å². The largest absolute Gasteiger partial charge is 0.426 e. The fourth-order valence-electron chi connectivity index (χ4n) is 4.58. The van der Waals surface area contributed by atoms with E-state index in [1.54, 1.807) is 25.1 Å². The van der Waals surface area contributed by atoms with Gasteiger partial charge in [-0.05, 0) is 48.9 Å². The van der Waals surface area contributed by atoms with Gasteiger partial charge in [0, 0.05) is 19.0 Å². The zero-order valence-corrected chi connectivity index (χ0v) is 21.2. The molecule has 3 aromatic rings. The van der Waals surface area contributed by atoms with Gasteiger partial charge in [-0.1, -0.05) is 35.3 Å². The Labute approximate surface area is 225 Å². The van der Waals surface area contributed by atoms with Crippen molar-refractivity contribution in [3.05, 3.63) is 91.4 Å². The third kappa shape index (κ3) is 4.17. The Bertz CT molecular complexity index is 1570. The lowest BCUT2D eigenvalue weighted by molar-refractivity contribution is -0.385. The predicted octanol–water partition coefficient (Wildman–Crippen LogP) is 4.97. The van der Waals surface area contributed by atoms with Crippen LogP contribution in [-0.4, -0.2) is 35.2 Å². The number of nitro groups is 1. The second-order valence-corrected chi connectivity index (χ2v) is 9.54. The van der Waals surface area contributed by atoms with E-state index in [1.165, 1.54) is 35.2 Å². The van der Waals surface area contributed by atoms with Crippen molar-refractivity contribution in [2.45, 2.75) is 13.3 Å². The van der Waals surface area contributed by atoms with Crippen molar-refractivity contribution in [1.29, 1.82) is 0 Å². The number of aryl methyl sites for hydroxylation is 1. The molecule has 0 bridgehead atoms. The highest BCUT2D eigenvalue weighted by atomic mass is 35.5. The molecule has 1 saturated heterocycles. The van der Waals surface area contributed by atoms with Crippen molar-refractivity contribution >= 4 is 64.0 Å². The first kappa shape index (κ1) is 25.4. The molecule has 0 saturated carbocycles. The van der Waals surface area contributed by atoms with Crippen LogP contribution in [0.4, 0.5) is 17.1 Å². The summed E-state index contributed by atoms with van der Waals surface area (Å²) >= 11 is 12.3. The van der Waals surface area contributed by atoms with Gasteiger partial charge in [0.1, 0.15) is 11.3 Å². The zero-order chi connectivity index (χ0) is 27.3. The quantitative estimate of drug-likeness (QED) is 0.143. The van der Waals surface area contributed by atoms with Crippen LogP contribution in [0.15, 0.2) is 54.6 Å². The first-order valence-corrected chi connectivity index (χ1v) is 12.1. The number of benzene rings is 3. The van der Waals surface area contributed by atoms with E-state index in [1.807, 2.05) is 0 Å². The number of nitro benzene ring substituents is 1. The number of nitrogens with zero attached hydrogens (tertiary/aromatic N) is 3. The summed E-state index contributed by atoms with van der Waals surface area (Å²) in [4.78, 5) is 64.3. The Morgan fingerprint density at radius 2 is 1.76 bits per heavy atom. The van der Waals surface area contributed by atoms with Crippen LogP contribution >= 0.6 is 23.2 Å². The molecule has 2 aliphatic rings. The molecule has 1 fully saturated rings. The smallest absolute Gasteiger partial charge is 0.316 e. The van der Waals surface area contributed by atoms with Crippen LogP contribution in [-0.2, 0) is 9.59 Å². The van der Waals surface area contributed by atoms with Gasteiger partial charge in [-0.3, -0.25) is 29.3 Å². The highest BCUT2D eigenvalue weighted by Crippen LogP contribution is 2.38. The number of carbonyl (C=O) groups is 4. The van der Waals surface area contributed by atoms with Gasteiger partial charge in [0.15, 0.2) is 0 Å². The van der Waals surface area contributed by atoms with Crippen LogP contribution in [0.3, 0.4) is 0 Å². The molecule has 0 aliphatic carbocycles. The van der Waals surface area contributed by atoms with Gasteiger partial charge >= 0.3 is 5.97 Å². The molecule has 12 heteroatoms. The number of ether oxygens (including phenoxy) is 1. The highest BCUT2D eigenvalue weighted by molar-refractivity contribution is 6.44. The monoisotopic (exact) mass is 553 g/mol. The molecule has 10 nitrogen and oxygen atoms in total. The fourth-order valence-corrected chi connectivity index (χ4v) is 4.98. The summed E-state index contributed by atoms with van der Waals surface area (Å²) in [5, 5.41) is 11.9. The summed E-state index contributed by atoms with van der Waals surface area (Å²) in [6.07, 6.45) is -0.0768. The number of rotatable bonds is 5. The number of anilines is 2. The average molecular weight is 554 g/mol. The Hall–Kier alpha value is -4.28. The number of hydrogen-bond acceptors (Lipinski definition) is 7. The molecule has 0 unspecified atom stereocenters. The van der Waals surface area contributed by atoms with Crippen LogP contribution in [0.5, 0.6) is 5.75 Å². The van der Waals surface area contributed by atoms with E-state index < -0.39 is 34.3 Å². The maximum Gasteiger partial charge on any atom is 0.316 e. The molecule has 2 aliphatic heterocycles. The summed E-state index contributed by atoms with van der Waals surface area (Å²) in [5.74, 6) is -3.05. The van der Waals surface area contributed by atoms with Crippen LogP contribution < -0.4 is 14.5 Å². The third-order valence-corrected chi connectivity index (χ3v) is 7.21. The summed E-state index contributed by atoms with van der Waals surface area (Å²) in [7, 11) is 0. The third-order valence-electron chi connectivity index (χ3n) is 6.40. The highest BCUT2D eigenvalue weighted by Gasteiger charge is 2.42. The first-order valence-electron chi connectivity index (χ1n) is 11.3. The maximum atomic E-state index is 13.0. The van der Waals surface area contributed by atoms with Gasteiger partial charge in [-0.15, -0.1) is 0 Å². The molecule has 0 N–H and O–H groups in total. The summed E-state index contributed by atoms with van der Waals surface area (Å²) in [5.41, 5.74) is 0.235. The molecular formula is C26H17Cl2N3O7. The van der Waals surface area contributed by atoms with Crippen molar-refractivity contribution in [3.63, 3.8) is 0 Å². The van der Waals surface area contributed by atoms with Crippen molar-refractivity contribution in [3.8, 4) is 5.75 Å². The Kier molecular flexibility index (Phi) is 6.38. The van der Waals surface area contributed by atoms with E-state index in [0.29, 0.717) is 11.3 Å². The second kappa shape index (κ2) is 9.55. The minimum Gasteiger partial charge on any atom is -0.426 e. The Morgan fingerprint density at radius 1 is 1.03 bits per heavy atom. The number of imide groups is 1. The lowest BCUT2D eigenvalue weighted by Crippen LogP contribution is -2.30. The number of halogens is 2. The van der Waals surface area contributed by atoms with Crippen molar-refractivity contribution in [1.82, 2.24) is 0 Å². The van der Waals surface area contributed by atoms with Crippen LogP contribution in [0.2, 0.25) is 10.0 Å². The minimum absolute atomic E-state index is 0.0581. The van der Waals surface area contributed by atoms with Crippen molar-refractivity contribution in [2.24, 2.45) is 5.92 Å². The Morgan fingerprint density at radius 3 is 2.47 bits per heavy atom. The molecule has 3 aromatic carbocycles. The molecule has 0 aromatic heterocycles. The normalized spacial score (nSPS) is 16.7. The maximum absolute atomic E-state index is 13.0. The summed E-state index contributed by atoms with van der Waals surface area (Å²) < 4.78 is 5.49. The SMILES string of the molecule is Cc1cc(OC(=O)[C@H]2CC(=O)N(c3cccc(Cl)c3Cl)C2)ccc1N1C(=O)c2cccc([N+](=O)[O-])c2C1=O. The standard InChI is InChI=1S/C26H17Cl2N3O7/c1-13-10-15(38-26(35)14-11-21(32)29(12-14)20-7-3-5-17(27)23(20)28)8-9-18(13)30-24(33)16-4-2-6-19(31(36)37)22(16)25(30)34/h2-10,14H,11-12H2,1H3/t14-/m0/s1. The minimum atomic E-state index is -0.811. The molecule has 0 radical (unpaired) electrons. The molecular weight excluding hydrogens is 537 g/mol. The van der Waals surface area contributed by atoms with Crippen LogP contribution in [0.1, 0.15) is 32.7 Å². The lowest BCUT2D eigenvalue weighted by atomic mass is 10.1. The topological polar surface area (TPSA) is 127 Å². The average Bonchev–Trinajstić information content (AvgIpc) is 3.38. The first-order chi connectivity index (χ1) is 18.1. The van der Waals surface area contributed by atoms with E-state index in [2.05, 4.69) is 0 Å². The van der Waals surface area contributed by atoms with Crippen molar-refractivity contribution in [2.75, 3.05) is 16.3 Å². The fraction of sp³-hybridized carbons (Fsp3) is 0.154. The molecule has 2 heterocycles. The summed E-state index contributed by atoms with van der Waals surface area (Å²) in [6, 6.07) is 13.0.